The second-order valence-electron chi connectivity index (χ2n) is 26.5. The van der Waals surface area contributed by atoms with Gasteiger partial charge in [0.2, 0.25) is 0 Å². The Morgan fingerprint density at radius 1 is 0.287 bits per heavy atom. The van der Waals surface area contributed by atoms with Gasteiger partial charge in [-0.05, 0) is 103 Å². The molecule has 0 radical (unpaired) electrons. The third-order valence-corrected chi connectivity index (χ3v) is 18.6. The minimum atomic E-state index is -4.94. The van der Waals surface area contributed by atoms with Gasteiger partial charge < -0.3 is 34.2 Å². The Morgan fingerprint density at radius 2 is 0.545 bits per heavy atom. The van der Waals surface area contributed by atoms with Crippen molar-refractivity contribution < 1.29 is 75.8 Å². The zero-order valence-corrected chi connectivity index (χ0v) is 65.3. The highest BCUT2D eigenvalue weighted by Gasteiger charge is 2.29. The van der Waals surface area contributed by atoms with Crippen LogP contribution in [0.25, 0.3) is 0 Å². The molecule has 0 rings (SSSR count). The number of ether oxygens (including phenoxy) is 3. The number of aliphatic hydroxyl groups excluding tert-OH is 2. The monoisotopic (exact) mass is 1460 g/mol. The summed E-state index contributed by atoms with van der Waals surface area (Å²) in [5.41, 5.74) is 0. The van der Waals surface area contributed by atoms with E-state index in [1.807, 2.05) is 18.2 Å². The first-order chi connectivity index (χ1) is 49.2. The molecule has 0 amide bonds. The van der Waals surface area contributed by atoms with Crippen molar-refractivity contribution in [2.75, 3.05) is 39.6 Å². The second-order valence-corrected chi connectivity index (χ2v) is 29.4. The quantitative estimate of drug-likeness (QED) is 0.0146. The van der Waals surface area contributed by atoms with Crippen molar-refractivity contribution in [1.29, 1.82) is 0 Å². The van der Waals surface area contributed by atoms with Crippen LogP contribution in [0, 0.1) is 0 Å². The number of hydrogen-bond acceptors (Lipinski definition) is 14. The van der Waals surface area contributed by atoms with Gasteiger partial charge in [-0.3, -0.25) is 32.5 Å². The molecule has 0 aromatic heterocycles. The molecule has 0 fully saturated rings. The smallest absolute Gasteiger partial charge is 0.463 e. The van der Waals surface area contributed by atoms with Crippen molar-refractivity contribution in [3.05, 3.63) is 122 Å². The molecule has 582 valence electrons. The van der Waals surface area contributed by atoms with Crippen LogP contribution < -0.4 is 0 Å². The van der Waals surface area contributed by atoms with Crippen molar-refractivity contribution in [3.63, 3.8) is 0 Å². The minimum absolute atomic E-state index is 0.0455. The van der Waals surface area contributed by atoms with Gasteiger partial charge in [0, 0.05) is 19.3 Å². The average molecular weight is 1460 g/mol. The summed E-state index contributed by atoms with van der Waals surface area (Å²) < 4.78 is 61.0. The number of rotatable bonds is 75. The van der Waals surface area contributed by atoms with E-state index in [1.54, 1.807) is 0 Å². The van der Waals surface area contributed by atoms with Crippen LogP contribution >= 0.6 is 15.6 Å². The van der Waals surface area contributed by atoms with E-state index in [0.29, 0.717) is 25.7 Å². The number of hydrogen-bond donors (Lipinski definition) is 4. The van der Waals surface area contributed by atoms with Gasteiger partial charge in [0.05, 0.1) is 26.4 Å². The molecule has 0 heterocycles. The Hall–Kier alpha value is -4.05. The van der Waals surface area contributed by atoms with Gasteiger partial charge in [0.1, 0.15) is 25.4 Å². The first kappa shape index (κ1) is 97.0. The molecule has 0 aliphatic heterocycles. The summed E-state index contributed by atoms with van der Waals surface area (Å²) >= 11 is 0. The fraction of sp³-hybridized carbons (Fsp3) is 0.723. The molecule has 4 N–H and O–H groups in total. The number of allylic oxidation sites excluding steroid dienone is 20. The van der Waals surface area contributed by atoms with Gasteiger partial charge in [-0.2, -0.15) is 0 Å². The SMILES string of the molecule is CC/C=C\C/C=C\C/C=C\C/C=C\C/C=C\C/C=C\CCC(=O)OCC(COP(=O)(O)OCC(O)COP(=O)(O)OCC(O)COC(=O)CCCCCCCCCCCCCCCCCCC/C=C\C/C=C\C/C=C\C/C=C\CCCCC)OC(=O)CCCCCCCCCCCCCCC. The van der Waals surface area contributed by atoms with Crippen LogP contribution in [0.4, 0.5) is 0 Å². The molecule has 0 spiro atoms. The average Bonchev–Trinajstić information content (AvgIpc) is 0.964. The molecule has 5 atom stereocenters. The van der Waals surface area contributed by atoms with E-state index < -0.39 is 91.5 Å². The van der Waals surface area contributed by atoms with Crippen LogP contribution in [0.1, 0.15) is 329 Å². The Bertz CT molecular complexity index is 2320. The lowest BCUT2D eigenvalue weighted by atomic mass is 10.0. The fourth-order valence-electron chi connectivity index (χ4n) is 10.6. The van der Waals surface area contributed by atoms with E-state index in [2.05, 4.69) is 124 Å². The van der Waals surface area contributed by atoms with Crippen LogP contribution in [0.3, 0.4) is 0 Å². The molecule has 16 nitrogen and oxygen atoms in total. The lowest BCUT2D eigenvalue weighted by Gasteiger charge is -2.21. The van der Waals surface area contributed by atoms with Crippen LogP contribution in [-0.4, -0.2) is 95.9 Å². The maximum atomic E-state index is 12.9. The van der Waals surface area contributed by atoms with E-state index in [-0.39, 0.29) is 19.3 Å². The predicted molar refractivity (Wildman–Crippen MR) is 417 cm³/mol. The highest BCUT2D eigenvalue weighted by atomic mass is 31.2. The first-order valence-electron chi connectivity index (χ1n) is 39.8. The highest BCUT2D eigenvalue weighted by molar-refractivity contribution is 7.47. The van der Waals surface area contributed by atoms with Crippen molar-refractivity contribution in [1.82, 2.24) is 0 Å². The number of esters is 3. The van der Waals surface area contributed by atoms with Crippen LogP contribution in [0.2, 0.25) is 0 Å². The molecule has 0 aromatic carbocycles. The molecule has 0 aliphatic rings. The summed E-state index contributed by atoms with van der Waals surface area (Å²) in [6.07, 6.45) is 90.0. The van der Waals surface area contributed by atoms with E-state index in [0.717, 1.165) is 96.3 Å². The zero-order valence-electron chi connectivity index (χ0n) is 63.5. The number of unbranched alkanes of at least 4 members (excludes halogenated alkanes) is 32. The van der Waals surface area contributed by atoms with Gasteiger partial charge in [-0.15, -0.1) is 0 Å². The molecular weight excluding hydrogens is 1310 g/mol. The molecule has 18 heteroatoms. The summed E-state index contributed by atoms with van der Waals surface area (Å²) in [4.78, 5) is 58.5. The third-order valence-electron chi connectivity index (χ3n) is 16.7. The Morgan fingerprint density at radius 3 is 0.911 bits per heavy atom. The molecular formula is C83H144O16P2. The van der Waals surface area contributed by atoms with E-state index in [1.165, 1.54) is 167 Å². The number of carbonyl (C=O) groups is 3. The van der Waals surface area contributed by atoms with Gasteiger partial charge in [-0.1, -0.05) is 328 Å². The van der Waals surface area contributed by atoms with Crippen LogP contribution in [-0.2, 0) is 55.8 Å². The summed E-state index contributed by atoms with van der Waals surface area (Å²) in [7, 11) is -9.80. The zero-order chi connectivity index (χ0) is 73.7. The summed E-state index contributed by atoms with van der Waals surface area (Å²) in [5, 5.41) is 20.6. The number of carbonyl (C=O) groups excluding carboxylic acids is 3. The van der Waals surface area contributed by atoms with Gasteiger partial charge in [0.15, 0.2) is 6.10 Å². The minimum Gasteiger partial charge on any atom is -0.463 e. The van der Waals surface area contributed by atoms with Crippen molar-refractivity contribution in [2.24, 2.45) is 0 Å². The van der Waals surface area contributed by atoms with E-state index in [9.17, 15) is 43.5 Å². The molecule has 101 heavy (non-hydrogen) atoms. The summed E-state index contributed by atoms with van der Waals surface area (Å²) in [5.74, 6) is -1.67. The highest BCUT2D eigenvalue weighted by Crippen LogP contribution is 2.45. The van der Waals surface area contributed by atoms with E-state index >= 15 is 0 Å². The van der Waals surface area contributed by atoms with Crippen molar-refractivity contribution in [2.45, 2.75) is 347 Å². The molecule has 0 aliphatic carbocycles. The van der Waals surface area contributed by atoms with Crippen molar-refractivity contribution in [3.8, 4) is 0 Å². The summed E-state index contributed by atoms with van der Waals surface area (Å²) in [6.45, 7) is 2.47. The molecule has 0 aromatic rings. The number of aliphatic hydroxyl groups is 2. The lowest BCUT2D eigenvalue weighted by Crippen LogP contribution is -2.30. The maximum absolute atomic E-state index is 12.9. The number of phosphoric ester groups is 2. The van der Waals surface area contributed by atoms with Gasteiger partial charge in [0.25, 0.3) is 0 Å². The maximum Gasteiger partial charge on any atom is 0.472 e. The molecule has 0 saturated heterocycles. The van der Waals surface area contributed by atoms with Crippen molar-refractivity contribution >= 4 is 33.6 Å². The van der Waals surface area contributed by atoms with Crippen LogP contribution in [0.15, 0.2) is 122 Å². The Labute approximate surface area is 614 Å². The fourth-order valence-corrected chi connectivity index (χ4v) is 12.2. The Kier molecular flexibility index (Phi) is 72.6. The standard InChI is InChI=1S/C83H144O16P2/c1-4-7-10-13-16-19-22-25-27-29-31-32-33-34-35-36-37-38-39-40-41-42-43-44-46-48-49-52-54-57-60-63-66-69-81(86)93-72-78(84)73-95-100(89,90)96-74-79(85)75-97-101(91,92)98-77-80(99-83(88)71-68-65-62-59-56-51-24-21-18-15-12-9-6-3)76-94-82(87)70-67-64-61-58-55-53-50-47-45-30-28-26-23-20-17-14-11-8-5-2/h8,11,16-17,19-20,25-28,31-32,34-35,45,47,53,55,61,64,78-80,84-85H,4-7,9-10,12-15,18,21-24,29-30,33,36-44,46,48-52,54,56-60,62-63,65-77H2,1-3H3,(H,89,90)(H,91,92)/b11-8-,19-16-,20-17-,27-25-,28-26-,32-31-,35-34-,47-45-,55-53-,64-61-. The largest absolute Gasteiger partial charge is 0.472 e. The summed E-state index contributed by atoms with van der Waals surface area (Å²) in [6, 6.07) is 0. The van der Waals surface area contributed by atoms with Gasteiger partial charge in [-0.25, -0.2) is 9.13 Å². The molecule has 5 unspecified atom stereocenters. The van der Waals surface area contributed by atoms with Crippen LogP contribution in [0.5, 0.6) is 0 Å². The van der Waals surface area contributed by atoms with E-state index in [4.69, 9.17) is 32.3 Å². The predicted octanol–water partition coefficient (Wildman–Crippen LogP) is 23.3. The Balaban J connectivity index is 4.44. The lowest BCUT2D eigenvalue weighted by molar-refractivity contribution is -0.161. The third kappa shape index (κ3) is 76.9. The topological polar surface area (TPSA) is 231 Å². The first-order valence-corrected chi connectivity index (χ1v) is 42.8. The molecule has 0 bridgehead atoms. The normalized spacial score (nSPS) is 14.6. The van der Waals surface area contributed by atoms with Gasteiger partial charge >= 0.3 is 33.6 Å². The second kappa shape index (κ2) is 75.6. The molecule has 0 saturated carbocycles. The number of phosphoric acid groups is 2.